The predicted octanol–water partition coefficient (Wildman–Crippen LogP) is 3.03. The lowest BCUT2D eigenvalue weighted by Gasteiger charge is -2.16. The molecule has 0 aliphatic rings. The summed E-state index contributed by atoms with van der Waals surface area (Å²) in [6.45, 7) is 8.57. The van der Waals surface area contributed by atoms with Crippen LogP contribution in [0.2, 0.25) is 0 Å². The van der Waals surface area contributed by atoms with E-state index < -0.39 is 8.25 Å². The van der Waals surface area contributed by atoms with Crippen LogP contribution in [0.3, 0.4) is 0 Å². The molecule has 1 N–H and O–H groups in total. The second kappa shape index (κ2) is 11.5. The summed E-state index contributed by atoms with van der Waals surface area (Å²) >= 11 is 0. The second-order valence-corrected chi connectivity index (χ2v) is 4.70. The standard InChI is InChI=1S/C9H12N3O3P.C4H10/c1-3-8-10-5-4-9(11-8)12(2)6-7-15-16(13)14;1-3-4-2/h3-5H,1,6-7H2,2H3;3-4H2,1-2H3/p+1. The van der Waals surface area contributed by atoms with Gasteiger partial charge >= 0.3 is 8.25 Å². The number of rotatable bonds is 7. The van der Waals surface area contributed by atoms with Gasteiger partial charge in [-0.05, 0) is 12.1 Å². The fraction of sp³-hybridized carbons (Fsp3) is 0.538. The first-order valence-corrected chi connectivity index (χ1v) is 7.63. The van der Waals surface area contributed by atoms with Gasteiger partial charge in [0.2, 0.25) is 0 Å². The molecule has 1 atom stereocenters. The Morgan fingerprint density at radius 1 is 1.50 bits per heavy atom. The van der Waals surface area contributed by atoms with E-state index in [1.807, 2.05) is 7.05 Å². The fourth-order valence-electron chi connectivity index (χ4n) is 1.05. The Hall–Kier alpha value is -1.36. The first kappa shape index (κ1) is 18.6. The topological polar surface area (TPSA) is 75.6 Å². The van der Waals surface area contributed by atoms with Gasteiger partial charge in [-0.3, -0.25) is 0 Å². The van der Waals surface area contributed by atoms with Crippen LogP contribution >= 0.6 is 8.25 Å². The first-order valence-electron chi connectivity index (χ1n) is 6.50. The summed E-state index contributed by atoms with van der Waals surface area (Å²) in [5.41, 5.74) is 0. The lowest BCUT2D eigenvalue weighted by Crippen LogP contribution is -2.23. The van der Waals surface area contributed by atoms with Gasteiger partial charge in [-0.15, -0.1) is 9.42 Å². The highest BCUT2D eigenvalue weighted by Gasteiger charge is 2.12. The summed E-state index contributed by atoms with van der Waals surface area (Å²) < 4.78 is 14.8. The molecule has 0 saturated carbocycles. The molecule has 7 heteroatoms. The van der Waals surface area contributed by atoms with Gasteiger partial charge in [0.15, 0.2) is 5.82 Å². The first-order chi connectivity index (χ1) is 9.54. The van der Waals surface area contributed by atoms with E-state index in [4.69, 9.17) is 4.89 Å². The van der Waals surface area contributed by atoms with Gasteiger partial charge in [-0.1, -0.05) is 33.3 Å². The van der Waals surface area contributed by atoms with Crippen LogP contribution in [-0.4, -0.2) is 35.1 Å². The van der Waals surface area contributed by atoms with E-state index in [-0.39, 0.29) is 6.61 Å². The third-order valence-corrected chi connectivity index (χ3v) is 2.77. The quantitative estimate of drug-likeness (QED) is 0.780. The molecule has 1 aromatic heterocycles. The van der Waals surface area contributed by atoms with E-state index in [0.29, 0.717) is 18.2 Å². The molecular weight excluding hydrogens is 277 g/mol. The Labute approximate surface area is 121 Å². The predicted molar refractivity (Wildman–Crippen MR) is 81.8 cm³/mol. The van der Waals surface area contributed by atoms with Crippen molar-refractivity contribution in [2.24, 2.45) is 0 Å². The molecule has 1 aromatic rings. The molecule has 0 spiro atoms. The van der Waals surface area contributed by atoms with E-state index in [0.717, 1.165) is 0 Å². The highest BCUT2D eigenvalue weighted by molar-refractivity contribution is 7.32. The number of nitrogens with zero attached hydrogens (tertiary/aromatic N) is 3. The van der Waals surface area contributed by atoms with Crippen LogP contribution in [0.15, 0.2) is 18.8 Å². The van der Waals surface area contributed by atoms with Crippen LogP contribution in [-0.2, 0) is 9.09 Å². The van der Waals surface area contributed by atoms with Gasteiger partial charge in [-0.25, -0.2) is 9.97 Å². The lowest BCUT2D eigenvalue weighted by molar-refractivity contribution is 0.288. The van der Waals surface area contributed by atoms with Gasteiger partial charge in [-0.2, -0.15) is 0 Å². The average Bonchev–Trinajstić information content (AvgIpc) is 2.47. The number of likely N-dealkylation sites (N-methyl/N-ethyl adjacent to an activating group) is 1. The maximum Gasteiger partial charge on any atom is 0.694 e. The molecule has 0 fully saturated rings. The largest absolute Gasteiger partial charge is 0.694 e. The SMILES string of the molecule is C=Cc1nccc(N(C)CCO[P+](=O)O)n1.CCCC. The Kier molecular flexibility index (Phi) is 10.7. The van der Waals surface area contributed by atoms with Gasteiger partial charge in [0.25, 0.3) is 0 Å². The van der Waals surface area contributed by atoms with Crippen LogP contribution in [0.5, 0.6) is 0 Å². The molecular formula is C13H23N3O3P+. The average molecular weight is 300 g/mol. The van der Waals surface area contributed by atoms with Gasteiger partial charge in [0, 0.05) is 24.4 Å². The molecule has 0 saturated heterocycles. The molecule has 0 bridgehead atoms. The summed E-state index contributed by atoms with van der Waals surface area (Å²) in [6.07, 6.45) is 5.82. The number of aromatic nitrogens is 2. The zero-order valence-corrected chi connectivity index (χ0v) is 13.2. The Morgan fingerprint density at radius 2 is 2.15 bits per heavy atom. The number of unbranched alkanes of at least 4 members (excludes halogenated alkanes) is 1. The molecule has 1 rings (SSSR count). The van der Waals surface area contributed by atoms with Crippen molar-refractivity contribution in [1.82, 2.24) is 9.97 Å². The smallest absolute Gasteiger partial charge is 0.357 e. The molecule has 0 aliphatic heterocycles. The van der Waals surface area contributed by atoms with Crippen LogP contribution < -0.4 is 4.90 Å². The number of hydrogen-bond acceptors (Lipinski definition) is 5. The zero-order chi connectivity index (χ0) is 15.4. The van der Waals surface area contributed by atoms with Crippen LogP contribution in [0.4, 0.5) is 5.82 Å². The number of hydrogen-bond donors (Lipinski definition) is 1. The molecule has 0 radical (unpaired) electrons. The van der Waals surface area contributed by atoms with Crippen molar-refractivity contribution >= 4 is 20.1 Å². The van der Waals surface area contributed by atoms with Crippen LogP contribution in [0.25, 0.3) is 6.08 Å². The van der Waals surface area contributed by atoms with Crippen LogP contribution in [0, 0.1) is 0 Å². The van der Waals surface area contributed by atoms with E-state index >= 15 is 0 Å². The second-order valence-electron chi connectivity index (χ2n) is 3.97. The minimum absolute atomic E-state index is 0.162. The zero-order valence-electron chi connectivity index (χ0n) is 12.3. The van der Waals surface area contributed by atoms with E-state index in [2.05, 4.69) is 34.9 Å². The van der Waals surface area contributed by atoms with E-state index in [1.165, 1.54) is 12.8 Å². The summed E-state index contributed by atoms with van der Waals surface area (Å²) in [6, 6.07) is 1.74. The van der Waals surface area contributed by atoms with Gasteiger partial charge in [0.1, 0.15) is 12.4 Å². The summed E-state index contributed by atoms with van der Waals surface area (Å²) in [5.74, 6) is 1.25. The Balaban J connectivity index is 0.000000796. The normalized spacial score (nSPS) is 10.3. The van der Waals surface area contributed by atoms with Crippen molar-refractivity contribution in [3.05, 3.63) is 24.7 Å². The third kappa shape index (κ3) is 8.69. The molecule has 6 nitrogen and oxygen atoms in total. The highest BCUT2D eigenvalue weighted by atomic mass is 31.1. The Morgan fingerprint density at radius 3 is 2.65 bits per heavy atom. The minimum Gasteiger partial charge on any atom is -0.357 e. The van der Waals surface area contributed by atoms with Crippen LogP contribution in [0.1, 0.15) is 32.5 Å². The van der Waals surface area contributed by atoms with Crippen molar-refractivity contribution in [3.63, 3.8) is 0 Å². The lowest BCUT2D eigenvalue weighted by atomic mass is 10.4. The summed E-state index contributed by atoms with van der Waals surface area (Å²) in [4.78, 5) is 18.4. The van der Waals surface area contributed by atoms with Crippen molar-refractivity contribution in [1.29, 1.82) is 0 Å². The highest BCUT2D eigenvalue weighted by Crippen LogP contribution is 2.14. The fourth-order valence-corrected chi connectivity index (χ4v) is 1.28. The van der Waals surface area contributed by atoms with Crippen molar-refractivity contribution < 1.29 is 14.0 Å². The number of anilines is 1. The van der Waals surface area contributed by atoms with Crippen molar-refractivity contribution in [2.45, 2.75) is 26.7 Å². The molecule has 0 amide bonds. The maximum absolute atomic E-state index is 10.3. The molecule has 0 aromatic carbocycles. The molecule has 0 aliphatic carbocycles. The maximum atomic E-state index is 10.3. The van der Waals surface area contributed by atoms with Gasteiger partial charge < -0.3 is 4.90 Å². The monoisotopic (exact) mass is 300 g/mol. The minimum atomic E-state index is -2.53. The van der Waals surface area contributed by atoms with Crippen molar-refractivity contribution in [2.75, 3.05) is 25.1 Å². The summed E-state index contributed by atoms with van der Waals surface area (Å²) in [7, 11) is -0.726. The molecule has 20 heavy (non-hydrogen) atoms. The van der Waals surface area contributed by atoms with Crippen molar-refractivity contribution in [3.8, 4) is 0 Å². The summed E-state index contributed by atoms with van der Waals surface area (Å²) in [5, 5.41) is 0. The Bertz CT molecular complexity index is 414. The van der Waals surface area contributed by atoms with Gasteiger partial charge in [0.05, 0.1) is 0 Å². The van der Waals surface area contributed by atoms with E-state index in [1.54, 1.807) is 23.2 Å². The third-order valence-electron chi connectivity index (χ3n) is 2.36. The molecule has 1 heterocycles. The molecule has 1 unspecified atom stereocenters. The molecule has 112 valence electrons. The van der Waals surface area contributed by atoms with E-state index in [9.17, 15) is 4.57 Å².